The van der Waals surface area contributed by atoms with Gasteiger partial charge in [-0.2, -0.15) is 0 Å². The maximum atomic E-state index is 15.1. The number of ether oxygens (including phenoxy) is 1. The highest BCUT2D eigenvalue weighted by molar-refractivity contribution is 9.10. The average Bonchev–Trinajstić information content (AvgIpc) is 3.13. The van der Waals surface area contributed by atoms with Crippen molar-refractivity contribution in [3.05, 3.63) is 57.3 Å². The normalized spacial score (nSPS) is 16.8. The minimum Gasteiger partial charge on any atom is -0.380 e. The molecule has 0 aliphatic carbocycles. The molecule has 0 spiro atoms. The van der Waals surface area contributed by atoms with Crippen molar-refractivity contribution in [1.82, 2.24) is 4.72 Å². The van der Waals surface area contributed by atoms with E-state index >= 15 is 4.39 Å². The number of nitrogens with one attached hydrogen (secondary N) is 2. The average molecular weight is 493 g/mol. The molecule has 0 saturated carbocycles. The van der Waals surface area contributed by atoms with Crippen LogP contribution >= 0.6 is 15.9 Å². The Morgan fingerprint density at radius 3 is 2.55 bits per heavy atom. The summed E-state index contributed by atoms with van der Waals surface area (Å²) in [5, 5.41) is 2.25. The third kappa shape index (κ3) is 4.63. The van der Waals surface area contributed by atoms with Gasteiger partial charge in [-0.15, -0.1) is 0 Å². The minimum absolute atomic E-state index is 0.113. The van der Waals surface area contributed by atoms with E-state index in [0.29, 0.717) is 13.0 Å². The molecule has 156 valence electrons. The van der Waals surface area contributed by atoms with Gasteiger partial charge in [0.05, 0.1) is 12.2 Å². The lowest BCUT2D eigenvalue weighted by atomic mass is 10.1. The van der Waals surface area contributed by atoms with E-state index in [1.54, 1.807) is 0 Å². The molecule has 3 rings (SSSR count). The van der Waals surface area contributed by atoms with Gasteiger partial charge in [-0.1, -0.05) is 15.9 Å². The fourth-order valence-corrected chi connectivity index (χ4v) is 4.78. The standard InChI is InChI=1S/C18H16BrF3N2O4S/c1-9-12(19)7-15(29(26,27)24-11-4-5-28-8-11)17(22)16(9)18(25)23-10-2-3-13(20)14(21)6-10/h2-3,6-7,11,24H,4-5,8H2,1H3,(H,23,25)/t11-/m0/s1. The van der Waals surface area contributed by atoms with Crippen molar-refractivity contribution < 1.29 is 31.1 Å². The van der Waals surface area contributed by atoms with Crippen LogP contribution in [0.3, 0.4) is 0 Å². The Bertz CT molecular complexity index is 1070. The second-order valence-electron chi connectivity index (χ2n) is 6.44. The molecule has 6 nitrogen and oxygen atoms in total. The van der Waals surface area contributed by atoms with Gasteiger partial charge in [0.15, 0.2) is 17.5 Å². The summed E-state index contributed by atoms with van der Waals surface area (Å²) in [6, 6.07) is 3.20. The van der Waals surface area contributed by atoms with Crippen molar-refractivity contribution in [3.8, 4) is 0 Å². The molecule has 0 radical (unpaired) electrons. The lowest BCUT2D eigenvalue weighted by Gasteiger charge is -2.16. The molecular weight excluding hydrogens is 477 g/mol. The number of sulfonamides is 1. The summed E-state index contributed by atoms with van der Waals surface area (Å²) >= 11 is 3.14. The van der Waals surface area contributed by atoms with Gasteiger partial charge in [0.1, 0.15) is 4.90 Å². The fourth-order valence-electron chi connectivity index (χ4n) is 2.84. The van der Waals surface area contributed by atoms with Crippen molar-refractivity contribution in [2.24, 2.45) is 0 Å². The van der Waals surface area contributed by atoms with Gasteiger partial charge in [-0.25, -0.2) is 26.3 Å². The van der Waals surface area contributed by atoms with Crippen LogP contribution in [0.5, 0.6) is 0 Å². The van der Waals surface area contributed by atoms with E-state index in [1.807, 2.05) is 0 Å². The number of halogens is 4. The van der Waals surface area contributed by atoms with Crippen LogP contribution in [0.25, 0.3) is 0 Å². The first-order valence-corrected chi connectivity index (χ1v) is 10.7. The summed E-state index contributed by atoms with van der Waals surface area (Å²) in [6.45, 7) is 1.97. The third-order valence-corrected chi connectivity index (χ3v) is 6.72. The van der Waals surface area contributed by atoms with E-state index < -0.39 is 49.9 Å². The molecule has 1 saturated heterocycles. The zero-order chi connectivity index (χ0) is 21.3. The number of rotatable bonds is 5. The highest BCUT2D eigenvalue weighted by Crippen LogP contribution is 2.30. The number of hydrogen-bond acceptors (Lipinski definition) is 4. The number of hydrogen-bond donors (Lipinski definition) is 2. The van der Waals surface area contributed by atoms with Crippen LogP contribution in [0, 0.1) is 24.4 Å². The molecule has 11 heteroatoms. The summed E-state index contributed by atoms with van der Waals surface area (Å²) in [5.74, 6) is -4.56. The van der Waals surface area contributed by atoms with Gasteiger partial charge in [0, 0.05) is 28.9 Å². The molecule has 1 amide bonds. The Balaban J connectivity index is 1.98. The van der Waals surface area contributed by atoms with Gasteiger partial charge in [-0.3, -0.25) is 4.79 Å². The van der Waals surface area contributed by atoms with Crippen molar-refractivity contribution in [3.63, 3.8) is 0 Å². The van der Waals surface area contributed by atoms with Gasteiger partial charge in [0.25, 0.3) is 5.91 Å². The van der Waals surface area contributed by atoms with E-state index in [2.05, 4.69) is 26.0 Å². The molecule has 0 bridgehead atoms. The van der Waals surface area contributed by atoms with Crippen LogP contribution in [-0.4, -0.2) is 33.6 Å². The molecule has 0 aromatic heterocycles. The van der Waals surface area contributed by atoms with Crippen LogP contribution in [0.4, 0.5) is 18.9 Å². The molecule has 1 fully saturated rings. The van der Waals surface area contributed by atoms with Crippen LogP contribution < -0.4 is 10.0 Å². The fraction of sp³-hybridized carbons (Fsp3) is 0.278. The quantitative estimate of drug-likeness (QED) is 0.668. The second-order valence-corrected chi connectivity index (χ2v) is 8.97. The Hall–Kier alpha value is -1.95. The molecule has 2 N–H and O–H groups in total. The van der Waals surface area contributed by atoms with Gasteiger partial charge in [0.2, 0.25) is 10.0 Å². The van der Waals surface area contributed by atoms with Crippen LogP contribution in [-0.2, 0) is 14.8 Å². The smallest absolute Gasteiger partial charge is 0.258 e. The minimum atomic E-state index is -4.28. The number of benzene rings is 2. The summed E-state index contributed by atoms with van der Waals surface area (Å²) < 4.78 is 74.5. The Kier molecular flexibility index (Phi) is 6.32. The van der Waals surface area contributed by atoms with E-state index in [0.717, 1.165) is 24.3 Å². The Labute approximate surface area is 173 Å². The predicted molar refractivity (Wildman–Crippen MR) is 103 cm³/mol. The summed E-state index contributed by atoms with van der Waals surface area (Å²) in [7, 11) is -4.28. The van der Waals surface area contributed by atoms with Crippen LogP contribution in [0.2, 0.25) is 0 Å². The highest BCUT2D eigenvalue weighted by Gasteiger charge is 2.30. The van der Waals surface area contributed by atoms with Gasteiger partial charge < -0.3 is 10.1 Å². The first kappa shape index (κ1) is 21.8. The first-order valence-electron chi connectivity index (χ1n) is 8.45. The van der Waals surface area contributed by atoms with Crippen molar-refractivity contribution in [2.45, 2.75) is 24.3 Å². The third-order valence-electron chi connectivity index (χ3n) is 4.37. The van der Waals surface area contributed by atoms with E-state index in [1.165, 1.54) is 6.92 Å². The first-order chi connectivity index (χ1) is 13.6. The predicted octanol–water partition coefficient (Wildman–Crippen LogP) is 3.49. The molecule has 29 heavy (non-hydrogen) atoms. The van der Waals surface area contributed by atoms with Crippen LogP contribution in [0.15, 0.2) is 33.6 Å². The lowest BCUT2D eigenvalue weighted by Crippen LogP contribution is -2.36. The van der Waals surface area contributed by atoms with Crippen molar-refractivity contribution in [2.75, 3.05) is 18.5 Å². The van der Waals surface area contributed by atoms with E-state index in [-0.39, 0.29) is 22.3 Å². The SMILES string of the molecule is Cc1c(Br)cc(S(=O)(=O)N[C@H]2CCOC2)c(F)c1C(=O)Nc1ccc(F)c(F)c1. The summed E-state index contributed by atoms with van der Waals surface area (Å²) in [5.41, 5.74) is -0.504. The largest absolute Gasteiger partial charge is 0.380 e. The topological polar surface area (TPSA) is 84.5 Å². The second kappa shape index (κ2) is 8.42. The van der Waals surface area contributed by atoms with Gasteiger partial charge in [-0.05, 0) is 37.1 Å². The monoisotopic (exact) mass is 492 g/mol. The van der Waals surface area contributed by atoms with Crippen molar-refractivity contribution >= 4 is 37.5 Å². The number of carbonyl (C=O) groups excluding carboxylic acids is 1. The Morgan fingerprint density at radius 1 is 1.21 bits per heavy atom. The molecule has 1 heterocycles. The maximum Gasteiger partial charge on any atom is 0.258 e. The Morgan fingerprint density at radius 2 is 1.93 bits per heavy atom. The highest BCUT2D eigenvalue weighted by atomic mass is 79.9. The molecule has 1 aliphatic heterocycles. The molecular formula is C18H16BrF3N2O4S. The molecule has 1 atom stereocenters. The number of anilines is 1. The van der Waals surface area contributed by atoms with Crippen LogP contribution in [0.1, 0.15) is 22.3 Å². The summed E-state index contributed by atoms with van der Waals surface area (Å²) in [6.07, 6.45) is 0.442. The molecule has 2 aromatic rings. The maximum absolute atomic E-state index is 15.1. The molecule has 1 aliphatic rings. The molecule has 2 aromatic carbocycles. The number of carbonyl (C=O) groups is 1. The van der Waals surface area contributed by atoms with Gasteiger partial charge >= 0.3 is 0 Å². The van der Waals surface area contributed by atoms with E-state index in [9.17, 15) is 22.0 Å². The molecule has 0 unspecified atom stereocenters. The zero-order valence-electron chi connectivity index (χ0n) is 15.1. The summed E-state index contributed by atoms with van der Waals surface area (Å²) in [4.78, 5) is 11.9. The lowest BCUT2D eigenvalue weighted by molar-refractivity contribution is 0.102. The van der Waals surface area contributed by atoms with Crippen molar-refractivity contribution in [1.29, 1.82) is 0 Å². The zero-order valence-corrected chi connectivity index (χ0v) is 17.5. The van der Waals surface area contributed by atoms with E-state index in [4.69, 9.17) is 4.74 Å². The number of amides is 1.